The second kappa shape index (κ2) is 9.00. The molecule has 0 saturated carbocycles. The van der Waals surface area contributed by atoms with Crippen molar-refractivity contribution in [1.29, 1.82) is 0 Å². The summed E-state index contributed by atoms with van der Waals surface area (Å²) in [4.78, 5) is 14.1. The number of hydrogen-bond donors (Lipinski definition) is 1. The van der Waals surface area contributed by atoms with Crippen molar-refractivity contribution in [1.82, 2.24) is 9.62 Å². The van der Waals surface area contributed by atoms with Gasteiger partial charge in [-0.1, -0.05) is 19.1 Å². The van der Waals surface area contributed by atoms with Gasteiger partial charge < -0.3 is 4.90 Å². The molecule has 2 unspecified atom stereocenters. The number of amides is 1. The summed E-state index contributed by atoms with van der Waals surface area (Å²) in [5, 5.41) is 0. The van der Waals surface area contributed by atoms with Crippen molar-refractivity contribution < 1.29 is 17.6 Å². The van der Waals surface area contributed by atoms with Crippen molar-refractivity contribution in [3.8, 4) is 0 Å². The fourth-order valence-corrected chi connectivity index (χ4v) is 4.77. The van der Waals surface area contributed by atoms with Gasteiger partial charge in [-0.3, -0.25) is 4.79 Å². The van der Waals surface area contributed by atoms with E-state index in [-0.39, 0.29) is 5.91 Å². The molecule has 0 aromatic heterocycles. The molecular formula is C17H25FN2O3S2. The van der Waals surface area contributed by atoms with Gasteiger partial charge in [0.2, 0.25) is 15.9 Å². The van der Waals surface area contributed by atoms with Crippen LogP contribution in [-0.2, 0) is 14.8 Å². The first-order chi connectivity index (χ1) is 11.8. The van der Waals surface area contributed by atoms with Crippen LogP contribution in [0.25, 0.3) is 0 Å². The van der Waals surface area contributed by atoms with E-state index in [4.69, 9.17) is 0 Å². The van der Waals surface area contributed by atoms with Gasteiger partial charge in [0.1, 0.15) is 16.8 Å². The number of rotatable bonds is 7. The lowest BCUT2D eigenvalue weighted by molar-refractivity contribution is -0.134. The Kier molecular flexibility index (Phi) is 7.27. The zero-order chi connectivity index (χ0) is 18.4. The summed E-state index contributed by atoms with van der Waals surface area (Å²) in [6.45, 7) is 3.36. The molecular weight excluding hydrogens is 363 g/mol. The molecule has 140 valence electrons. The highest BCUT2D eigenvalue weighted by Gasteiger charge is 2.31. The van der Waals surface area contributed by atoms with Crippen molar-refractivity contribution in [3.63, 3.8) is 0 Å². The monoisotopic (exact) mass is 388 g/mol. The molecule has 5 nitrogen and oxygen atoms in total. The van der Waals surface area contributed by atoms with E-state index in [2.05, 4.69) is 11.6 Å². The Morgan fingerprint density at radius 3 is 2.80 bits per heavy atom. The van der Waals surface area contributed by atoms with Gasteiger partial charge in [0.25, 0.3) is 0 Å². The Balaban J connectivity index is 2.19. The van der Waals surface area contributed by atoms with Crippen LogP contribution in [0.5, 0.6) is 0 Å². The van der Waals surface area contributed by atoms with Crippen LogP contribution in [0.15, 0.2) is 29.2 Å². The third kappa shape index (κ3) is 5.43. The molecule has 2 atom stereocenters. The van der Waals surface area contributed by atoms with E-state index < -0.39 is 26.8 Å². The summed E-state index contributed by atoms with van der Waals surface area (Å²) in [5.74, 6) is -0.000174. The van der Waals surface area contributed by atoms with Gasteiger partial charge in [-0.25, -0.2) is 12.8 Å². The lowest BCUT2D eigenvalue weighted by Gasteiger charge is -2.33. The highest BCUT2D eigenvalue weighted by atomic mass is 32.2. The molecule has 1 amide bonds. The topological polar surface area (TPSA) is 66.5 Å². The van der Waals surface area contributed by atoms with Gasteiger partial charge in [-0.15, -0.1) is 0 Å². The molecule has 1 aromatic carbocycles. The maximum absolute atomic E-state index is 13.9. The zero-order valence-corrected chi connectivity index (χ0v) is 16.2. The van der Waals surface area contributed by atoms with Crippen LogP contribution in [0.2, 0.25) is 0 Å². The van der Waals surface area contributed by atoms with E-state index in [0.717, 1.165) is 18.9 Å². The maximum atomic E-state index is 13.9. The predicted molar refractivity (Wildman–Crippen MR) is 98.5 cm³/mol. The van der Waals surface area contributed by atoms with Crippen LogP contribution in [0.3, 0.4) is 0 Å². The van der Waals surface area contributed by atoms with Crippen LogP contribution in [0, 0.1) is 11.7 Å². The van der Waals surface area contributed by atoms with Gasteiger partial charge in [-0.05, 0) is 49.3 Å². The van der Waals surface area contributed by atoms with E-state index >= 15 is 0 Å². The van der Waals surface area contributed by atoms with Gasteiger partial charge >= 0.3 is 0 Å². The molecule has 25 heavy (non-hydrogen) atoms. The minimum Gasteiger partial charge on any atom is -0.341 e. The smallest absolute Gasteiger partial charge is 0.244 e. The second-order valence-corrected chi connectivity index (χ2v) is 9.09. The summed E-state index contributed by atoms with van der Waals surface area (Å²) < 4.78 is 41.4. The molecule has 1 saturated heterocycles. The number of likely N-dealkylation sites (tertiary alicyclic amines) is 1. The molecule has 0 radical (unpaired) electrons. The van der Waals surface area contributed by atoms with Crippen molar-refractivity contribution in [3.05, 3.63) is 30.1 Å². The van der Waals surface area contributed by atoms with Crippen LogP contribution < -0.4 is 4.72 Å². The van der Waals surface area contributed by atoms with E-state index in [9.17, 15) is 17.6 Å². The number of nitrogens with one attached hydrogen (secondary N) is 1. The molecule has 1 N–H and O–H groups in total. The summed E-state index contributed by atoms with van der Waals surface area (Å²) in [6.07, 6.45) is 4.26. The quantitative estimate of drug-likeness (QED) is 0.779. The first-order valence-corrected chi connectivity index (χ1v) is 11.3. The van der Waals surface area contributed by atoms with Crippen molar-refractivity contribution in [2.24, 2.45) is 5.92 Å². The number of carbonyl (C=O) groups is 1. The highest BCUT2D eigenvalue weighted by Crippen LogP contribution is 2.19. The van der Waals surface area contributed by atoms with Crippen molar-refractivity contribution in [2.45, 2.75) is 37.1 Å². The van der Waals surface area contributed by atoms with Crippen LogP contribution in [0.4, 0.5) is 4.39 Å². The number of thioether (sulfide) groups is 1. The largest absolute Gasteiger partial charge is 0.341 e. The Labute approximate surface area is 153 Å². The molecule has 8 heteroatoms. The third-order valence-electron chi connectivity index (χ3n) is 4.30. The first kappa shape index (κ1) is 20.2. The molecule has 1 heterocycles. The molecule has 0 spiro atoms. The number of piperidine rings is 1. The number of halogens is 1. The lowest BCUT2D eigenvalue weighted by Crippen LogP contribution is -2.51. The van der Waals surface area contributed by atoms with Gasteiger partial charge in [0.15, 0.2) is 0 Å². The van der Waals surface area contributed by atoms with Crippen molar-refractivity contribution in [2.75, 3.05) is 25.1 Å². The fraction of sp³-hybridized carbons (Fsp3) is 0.588. The third-order valence-corrected chi connectivity index (χ3v) is 6.45. The van der Waals surface area contributed by atoms with E-state index in [0.29, 0.717) is 31.2 Å². The molecule has 0 bridgehead atoms. The second-order valence-electron chi connectivity index (χ2n) is 6.42. The van der Waals surface area contributed by atoms with Gasteiger partial charge in [0.05, 0.1) is 0 Å². The van der Waals surface area contributed by atoms with Crippen molar-refractivity contribution >= 4 is 27.7 Å². The average Bonchev–Trinajstić information content (AvgIpc) is 2.58. The summed E-state index contributed by atoms with van der Waals surface area (Å²) in [5.41, 5.74) is 0. The number of benzene rings is 1. The number of hydrogen-bond acceptors (Lipinski definition) is 4. The first-order valence-electron chi connectivity index (χ1n) is 8.39. The maximum Gasteiger partial charge on any atom is 0.244 e. The minimum atomic E-state index is -4.10. The standard InChI is InChI=1S/C17H25FN2O3S2/c1-13-6-5-10-20(12-13)17(21)15(9-11-24-2)19-25(22,23)16-8-4-3-7-14(16)18/h3-4,7-8,13,15,19H,5-6,9-12H2,1-2H3. The summed E-state index contributed by atoms with van der Waals surface area (Å²) in [6, 6.07) is 4.32. The fourth-order valence-electron chi connectivity index (χ4n) is 2.99. The van der Waals surface area contributed by atoms with Crippen LogP contribution in [-0.4, -0.2) is 50.4 Å². The molecule has 1 aliphatic rings. The Bertz CT molecular complexity index is 697. The SMILES string of the molecule is CSCCC(NS(=O)(=O)c1ccccc1F)C(=O)N1CCCC(C)C1. The number of sulfonamides is 1. The number of carbonyl (C=O) groups excluding carboxylic acids is 1. The molecule has 2 rings (SSSR count). The van der Waals surface area contributed by atoms with Gasteiger partial charge in [-0.2, -0.15) is 16.5 Å². The Morgan fingerprint density at radius 2 is 2.16 bits per heavy atom. The predicted octanol–water partition coefficient (Wildman–Crippen LogP) is 2.48. The molecule has 1 aliphatic heterocycles. The molecule has 1 aromatic rings. The Hall–Kier alpha value is -1.12. The van der Waals surface area contributed by atoms with Gasteiger partial charge in [0, 0.05) is 13.1 Å². The van der Waals surface area contributed by atoms with Crippen LogP contribution >= 0.6 is 11.8 Å². The van der Waals surface area contributed by atoms with E-state index in [1.807, 2.05) is 6.26 Å². The normalized spacial score (nSPS) is 19.6. The zero-order valence-electron chi connectivity index (χ0n) is 14.6. The minimum absolute atomic E-state index is 0.222. The van der Waals surface area contributed by atoms with E-state index in [1.165, 1.54) is 30.0 Å². The average molecular weight is 389 g/mol. The summed E-state index contributed by atoms with van der Waals surface area (Å²) in [7, 11) is -4.10. The molecule has 1 fully saturated rings. The van der Waals surface area contributed by atoms with Crippen LogP contribution in [0.1, 0.15) is 26.2 Å². The Morgan fingerprint density at radius 1 is 1.44 bits per heavy atom. The number of nitrogens with zero attached hydrogens (tertiary/aromatic N) is 1. The summed E-state index contributed by atoms with van der Waals surface area (Å²) >= 11 is 1.54. The highest BCUT2D eigenvalue weighted by molar-refractivity contribution is 7.98. The van der Waals surface area contributed by atoms with E-state index in [1.54, 1.807) is 4.90 Å². The molecule has 0 aliphatic carbocycles. The lowest BCUT2D eigenvalue weighted by atomic mass is 9.99.